The molecule has 0 fully saturated rings. The zero-order valence-corrected chi connectivity index (χ0v) is 10.9. The second-order valence-corrected chi connectivity index (χ2v) is 3.08. The lowest BCUT2D eigenvalue weighted by Gasteiger charge is -1.82. The fourth-order valence-corrected chi connectivity index (χ4v) is 0. The van der Waals surface area contributed by atoms with E-state index in [0.29, 0.717) is 0 Å². The summed E-state index contributed by atoms with van der Waals surface area (Å²) in [5.41, 5.74) is 0. The van der Waals surface area contributed by atoms with Crippen LogP contribution in [0.4, 0.5) is 0 Å². The van der Waals surface area contributed by atoms with Gasteiger partial charge in [0.15, 0.2) is 0 Å². The van der Waals surface area contributed by atoms with Crippen LogP contribution in [-0.4, -0.2) is 29.4 Å². The highest BCUT2D eigenvalue weighted by atomic mass is 31.2. The van der Waals surface area contributed by atoms with Crippen molar-refractivity contribution in [3.8, 4) is 0 Å². The number of hydrogen-bond donors (Lipinski definition) is 7. The van der Waals surface area contributed by atoms with Gasteiger partial charge < -0.3 is 35.5 Å². The maximum absolute atomic E-state index is 8.88. The van der Waals surface area contributed by atoms with Crippen molar-refractivity contribution in [1.29, 1.82) is 0 Å². The Morgan fingerprint density at radius 2 is 0.600 bits per heavy atom. The Balaban J connectivity index is -0.0000000318. The van der Waals surface area contributed by atoms with Gasteiger partial charge in [0.05, 0.1) is 0 Å². The molecule has 0 unspecified atom stereocenters. The average molecular weight is 273 g/mol. The summed E-state index contributed by atoms with van der Waals surface area (Å²) in [6.07, 6.45) is 0. The summed E-state index contributed by atoms with van der Waals surface area (Å²) in [6, 6.07) is 0. The first-order valence-electron chi connectivity index (χ1n) is 3.57. The van der Waals surface area contributed by atoms with Crippen molar-refractivity contribution >= 4 is 15.6 Å². The molecule has 0 aromatic rings. The quantitative estimate of drug-likeness (QED) is 0.305. The van der Waals surface area contributed by atoms with Crippen LogP contribution in [0.1, 0.15) is 27.7 Å². The maximum atomic E-state index is 8.88. The third-order valence-corrected chi connectivity index (χ3v) is 0. The van der Waals surface area contributed by atoms with E-state index in [9.17, 15) is 0 Å². The highest BCUT2D eigenvalue weighted by molar-refractivity contribution is 7.45. The van der Waals surface area contributed by atoms with Crippen LogP contribution >= 0.6 is 15.6 Å². The van der Waals surface area contributed by atoms with Crippen LogP contribution < -0.4 is 6.15 Å². The van der Waals surface area contributed by atoms with Crippen LogP contribution in [0.25, 0.3) is 0 Å². The molecule has 0 aromatic carbocycles. The Kier molecular flexibility index (Phi) is 32.6. The first kappa shape index (κ1) is 29.5. The van der Waals surface area contributed by atoms with Crippen molar-refractivity contribution in [2.45, 2.75) is 27.7 Å². The zero-order chi connectivity index (χ0) is 13.0. The van der Waals surface area contributed by atoms with E-state index in [-0.39, 0.29) is 6.15 Å². The van der Waals surface area contributed by atoms with Crippen LogP contribution in [-0.2, 0) is 9.13 Å². The van der Waals surface area contributed by atoms with E-state index in [1.54, 1.807) is 0 Å². The molecule has 100 valence electrons. The van der Waals surface area contributed by atoms with E-state index in [4.69, 9.17) is 38.5 Å². The van der Waals surface area contributed by atoms with Crippen LogP contribution in [0.2, 0.25) is 0 Å². The molecule has 11 heteroatoms. The summed E-state index contributed by atoms with van der Waals surface area (Å²) >= 11 is 0. The molecule has 0 aliphatic carbocycles. The van der Waals surface area contributed by atoms with Crippen molar-refractivity contribution < 1.29 is 38.5 Å². The summed E-state index contributed by atoms with van der Waals surface area (Å²) < 4.78 is 17.8. The van der Waals surface area contributed by atoms with Gasteiger partial charge in [-0.25, -0.2) is 9.13 Å². The molecule has 0 amide bonds. The van der Waals surface area contributed by atoms with Gasteiger partial charge in [-0.05, 0) is 0 Å². The van der Waals surface area contributed by atoms with E-state index >= 15 is 0 Å². The Bertz CT molecular complexity index is 137. The predicted molar refractivity (Wildman–Crippen MR) is 56.2 cm³/mol. The lowest BCUT2D eigenvalue weighted by atomic mass is 11.0. The summed E-state index contributed by atoms with van der Waals surface area (Å²) in [7, 11) is -9.28. The maximum Gasteiger partial charge on any atom is 0.466 e. The molecule has 0 bridgehead atoms. The van der Waals surface area contributed by atoms with E-state index in [2.05, 4.69) is 0 Å². The molecule has 0 rings (SSSR count). The lowest BCUT2D eigenvalue weighted by molar-refractivity contribution is 0.272. The summed E-state index contributed by atoms with van der Waals surface area (Å²) in [5.74, 6) is 0. The van der Waals surface area contributed by atoms with Gasteiger partial charge >= 0.3 is 15.6 Å². The van der Waals surface area contributed by atoms with E-state index in [1.165, 1.54) is 0 Å². The van der Waals surface area contributed by atoms with Gasteiger partial charge in [0.2, 0.25) is 0 Å². The van der Waals surface area contributed by atoms with Crippen LogP contribution in [0.3, 0.4) is 0 Å². The van der Waals surface area contributed by atoms with Crippen molar-refractivity contribution in [1.82, 2.24) is 6.15 Å². The molecule has 0 aromatic heterocycles. The van der Waals surface area contributed by atoms with Gasteiger partial charge in [-0.2, -0.15) is 0 Å². The average Bonchev–Trinajstić information content (AvgIpc) is 1.88. The highest BCUT2D eigenvalue weighted by Gasteiger charge is 2.00. The van der Waals surface area contributed by atoms with Gasteiger partial charge in [-0.3, -0.25) is 0 Å². The van der Waals surface area contributed by atoms with Crippen LogP contribution in [0.5, 0.6) is 0 Å². The first-order valence-corrected chi connectivity index (χ1v) is 6.70. The minimum atomic E-state index is -4.64. The normalized spacial score (nSPS) is 8.67. The molecule has 0 aliphatic heterocycles. The molecule has 9 N–H and O–H groups in total. The second kappa shape index (κ2) is 16.6. The van der Waals surface area contributed by atoms with Gasteiger partial charge in [-0.15, -0.1) is 0 Å². The Morgan fingerprint density at radius 1 is 0.600 bits per heavy atom. The van der Waals surface area contributed by atoms with E-state index in [0.717, 1.165) is 0 Å². The molecule has 15 heavy (non-hydrogen) atoms. The van der Waals surface area contributed by atoms with Gasteiger partial charge in [-0.1, -0.05) is 27.7 Å². The third kappa shape index (κ3) is 64900. The van der Waals surface area contributed by atoms with Crippen molar-refractivity contribution in [2.75, 3.05) is 0 Å². The zero-order valence-electron chi connectivity index (χ0n) is 9.10. The SMILES string of the molecule is CC.CC.N.O=P(O)(O)O.O=P(O)(O)O. The Hall–Kier alpha value is 0.180. The topological polar surface area (TPSA) is 191 Å². The predicted octanol–water partition coefficient (Wildman–Crippen LogP) is 0.357. The minimum Gasteiger partial charge on any atom is -0.344 e. The monoisotopic (exact) mass is 273 g/mol. The molecule has 0 radical (unpaired) electrons. The van der Waals surface area contributed by atoms with Crippen LogP contribution in [0.15, 0.2) is 0 Å². The molecule has 0 heterocycles. The molecular weight excluding hydrogens is 252 g/mol. The molecule has 0 saturated carbocycles. The molecule has 0 spiro atoms. The van der Waals surface area contributed by atoms with Crippen molar-refractivity contribution in [2.24, 2.45) is 0 Å². The smallest absolute Gasteiger partial charge is 0.344 e. The Morgan fingerprint density at radius 3 is 0.600 bits per heavy atom. The molecular formula is C4H21NO8P2. The van der Waals surface area contributed by atoms with Gasteiger partial charge in [0.1, 0.15) is 0 Å². The summed E-state index contributed by atoms with van der Waals surface area (Å²) in [5, 5.41) is 0. The summed E-state index contributed by atoms with van der Waals surface area (Å²) in [6.45, 7) is 8.00. The highest BCUT2D eigenvalue weighted by Crippen LogP contribution is 2.26. The van der Waals surface area contributed by atoms with E-state index in [1.807, 2.05) is 27.7 Å². The number of phosphoric acid groups is 2. The van der Waals surface area contributed by atoms with E-state index < -0.39 is 15.6 Å². The molecule has 0 atom stereocenters. The van der Waals surface area contributed by atoms with Gasteiger partial charge in [0, 0.05) is 0 Å². The minimum absolute atomic E-state index is 0. The first-order chi connectivity index (χ1) is 6.00. The second-order valence-electron chi connectivity index (χ2n) is 1.03. The Labute approximate surface area is 88.9 Å². The lowest BCUT2D eigenvalue weighted by Crippen LogP contribution is -1.66. The number of hydrogen-bond acceptors (Lipinski definition) is 3. The molecule has 9 nitrogen and oxygen atoms in total. The van der Waals surface area contributed by atoms with Crippen molar-refractivity contribution in [3.05, 3.63) is 0 Å². The van der Waals surface area contributed by atoms with Crippen molar-refractivity contribution in [3.63, 3.8) is 0 Å². The number of rotatable bonds is 0. The van der Waals surface area contributed by atoms with Crippen LogP contribution in [0, 0.1) is 0 Å². The largest absolute Gasteiger partial charge is 0.466 e. The fraction of sp³-hybridized carbons (Fsp3) is 1.00. The summed E-state index contributed by atoms with van der Waals surface area (Å²) in [4.78, 5) is 43.1. The molecule has 0 saturated heterocycles. The third-order valence-electron chi connectivity index (χ3n) is 0. The molecule has 0 aliphatic rings. The fourth-order valence-electron chi connectivity index (χ4n) is 0. The standard InChI is InChI=1S/2C2H6.H3N.2H3O4P/c2*1-2;;2*1-5(2,3)4/h2*1-2H3;1H3;2*(H3,1,2,3,4). The van der Waals surface area contributed by atoms with Gasteiger partial charge in [0.25, 0.3) is 0 Å².